The molecule has 17 heavy (non-hydrogen) atoms. The first-order valence-electron chi connectivity index (χ1n) is 5.27. The minimum Gasteiger partial charge on any atom is -0.315 e. The lowest BCUT2D eigenvalue weighted by Gasteiger charge is -2.22. The summed E-state index contributed by atoms with van der Waals surface area (Å²) in [6.45, 7) is 1.68. The summed E-state index contributed by atoms with van der Waals surface area (Å²) in [6, 6.07) is 9.24. The Morgan fingerprint density at radius 3 is 2.53 bits per heavy atom. The van der Waals surface area contributed by atoms with Crippen molar-refractivity contribution in [2.45, 2.75) is 12.5 Å². The Morgan fingerprint density at radius 2 is 1.94 bits per heavy atom. The average Bonchev–Trinajstić information content (AvgIpc) is 2.40. The van der Waals surface area contributed by atoms with E-state index in [9.17, 15) is 4.79 Å². The van der Waals surface area contributed by atoms with Crippen molar-refractivity contribution in [3.05, 3.63) is 60.2 Å². The third-order valence-corrected chi connectivity index (χ3v) is 2.64. The molecule has 0 saturated heterocycles. The van der Waals surface area contributed by atoms with Gasteiger partial charge in [-0.1, -0.05) is 30.3 Å². The van der Waals surface area contributed by atoms with Crippen molar-refractivity contribution in [2.24, 2.45) is 5.73 Å². The number of nitrogens with two attached hydrogens (primary N) is 1. The van der Waals surface area contributed by atoms with Crippen molar-refractivity contribution in [3.63, 3.8) is 0 Å². The van der Waals surface area contributed by atoms with Gasteiger partial charge in [-0.25, -0.2) is 4.98 Å². The van der Waals surface area contributed by atoms with E-state index in [2.05, 4.69) is 9.97 Å². The van der Waals surface area contributed by atoms with Crippen LogP contribution in [0.3, 0.4) is 0 Å². The number of ketones is 1. The monoisotopic (exact) mass is 227 g/mol. The lowest BCUT2D eigenvalue weighted by molar-refractivity contribution is 0.0894. The lowest BCUT2D eigenvalue weighted by Crippen LogP contribution is -2.42. The molecule has 1 atom stereocenters. The van der Waals surface area contributed by atoms with Crippen molar-refractivity contribution < 1.29 is 4.79 Å². The van der Waals surface area contributed by atoms with Gasteiger partial charge in [0.05, 0.1) is 6.20 Å². The van der Waals surface area contributed by atoms with E-state index in [-0.39, 0.29) is 11.5 Å². The molecular formula is C13H13N3O. The van der Waals surface area contributed by atoms with E-state index in [4.69, 9.17) is 5.73 Å². The Kier molecular flexibility index (Phi) is 2.97. The van der Waals surface area contributed by atoms with Gasteiger partial charge in [0.15, 0.2) is 0 Å². The molecule has 0 spiro atoms. The van der Waals surface area contributed by atoms with E-state index in [0.29, 0.717) is 0 Å². The fraction of sp³-hybridized carbons (Fsp3) is 0.154. The van der Waals surface area contributed by atoms with Gasteiger partial charge in [0.1, 0.15) is 11.2 Å². The predicted octanol–water partition coefficient (Wildman–Crippen LogP) is 1.53. The minimum atomic E-state index is -1.09. The molecule has 1 heterocycles. The maximum atomic E-state index is 12.2. The summed E-state index contributed by atoms with van der Waals surface area (Å²) in [4.78, 5) is 20.1. The molecule has 86 valence electrons. The Labute approximate surface area is 99.5 Å². The second-order valence-corrected chi connectivity index (χ2v) is 3.99. The average molecular weight is 227 g/mol. The maximum absolute atomic E-state index is 12.2. The molecule has 0 amide bonds. The van der Waals surface area contributed by atoms with Crippen LogP contribution in [0.4, 0.5) is 0 Å². The lowest BCUT2D eigenvalue weighted by atomic mass is 9.87. The van der Waals surface area contributed by atoms with Crippen LogP contribution in [0.25, 0.3) is 0 Å². The molecule has 4 nitrogen and oxygen atoms in total. The number of hydrogen-bond acceptors (Lipinski definition) is 4. The maximum Gasteiger partial charge on any atom is 0.206 e. The Bertz CT molecular complexity index is 509. The molecule has 2 rings (SSSR count). The first-order valence-corrected chi connectivity index (χ1v) is 5.27. The van der Waals surface area contributed by atoms with Gasteiger partial charge in [-0.2, -0.15) is 0 Å². The highest BCUT2D eigenvalue weighted by atomic mass is 16.1. The fourth-order valence-electron chi connectivity index (χ4n) is 1.60. The number of hydrogen-bond donors (Lipinski definition) is 1. The van der Waals surface area contributed by atoms with E-state index in [1.165, 1.54) is 18.6 Å². The van der Waals surface area contributed by atoms with Crippen LogP contribution < -0.4 is 5.73 Å². The molecule has 0 bridgehead atoms. The van der Waals surface area contributed by atoms with E-state index in [0.717, 1.165) is 5.56 Å². The second kappa shape index (κ2) is 4.43. The molecule has 1 aromatic heterocycles. The summed E-state index contributed by atoms with van der Waals surface area (Å²) in [5.41, 5.74) is 6.05. The number of benzene rings is 1. The van der Waals surface area contributed by atoms with E-state index >= 15 is 0 Å². The molecule has 0 aliphatic rings. The normalized spacial score (nSPS) is 14.0. The largest absolute Gasteiger partial charge is 0.315 e. The molecule has 0 fully saturated rings. The van der Waals surface area contributed by atoms with Gasteiger partial charge in [-0.3, -0.25) is 9.78 Å². The van der Waals surface area contributed by atoms with E-state index in [1.807, 2.05) is 30.3 Å². The number of nitrogens with zero attached hydrogens (tertiary/aromatic N) is 2. The van der Waals surface area contributed by atoms with Gasteiger partial charge in [0, 0.05) is 12.4 Å². The molecule has 0 radical (unpaired) electrons. The zero-order chi connectivity index (χ0) is 12.3. The van der Waals surface area contributed by atoms with E-state index < -0.39 is 5.54 Å². The number of rotatable bonds is 3. The Balaban J connectivity index is 2.37. The highest BCUT2D eigenvalue weighted by molar-refractivity contribution is 6.01. The van der Waals surface area contributed by atoms with Crippen LogP contribution in [-0.2, 0) is 5.54 Å². The fourth-order valence-corrected chi connectivity index (χ4v) is 1.60. The van der Waals surface area contributed by atoms with Gasteiger partial charge >= 0.3 is 0 Å². The summed E-state index contributed by atoms with van der Waals surface area (Å²) in [5.74, 6) is -0.239. The zero-order valence-electron chi connectivity index (χ0n) is 9.50. The summed E-state index contributed by atoms with van der Waals surface area (Å²) < 4.78 is 0. The molecule has 1 aromatic carbocycles. The van der Waals surface area contributed by atoms with Crippen LogP contribution in [0.2, 0.25) is 0 Å². The van der Waals surface area contributed by atoms with Crippen molar-refractivity contribution >= 4 is 5.78 Å². The van der Waals surface area contributed by atoms with Gasteiger partial charge in [-0.05, 0) is 12.5 Å². The minimum absolute atomic E-state index is 0.239. The smallest absolute Gasteiger partial charge is 0.206 e. The Morgan fingerprint density at radius 1 is 1.24 bits per heavy atom. The predicted molar refractivity (Wildman–Crippen MR) is 64.3 cm³/mol. The highest BCUT2D eigenvalue weighted by Gasteiger charge is 2.32. The molecule has 4 heteroatoms. The molecular weight excluding hydrogens is 214 g/mol. The van der Waals surface area contributed by atoms with Gasteiger partial charge in [0.2, 0.25) is 5.78 Å². The van der Waals surface area contributed by atoms with Crippen molar-refractivity contribution in [1.29, 1.82) is 0 Å². The molecule has 0 saturated carbocycles. The Hall–Kier alpha value is -2.07. The van der Waals surface area contributed by atoms with Gasteiger partial charge in [-0.15, -0.1) is 0 Å². The van der Waals surface area contributed by atoms with E-state index in [1.54, 1.807) is 6.92 Å². The summed E-state index contributed by atoms with van der Waals surface area (Å²) in [7, 11) is 0. The molecule has 0 aliphatic heterocycles. The molecule has 1 unspecified atom stereocenters. The van der Waals surface area contributed by atoms with Crippen molar-refractivity contribution in [3.8, 4) is 0 Å². The third-order valence-electron chi connectivity index (χ3n) is 2.64. The van der Waals surface area contributed by atoms with Crippen LogP contribution in [-0.4, -0.2) is 15.8 Å². The topological polar surface area (TPSA) is 68.9 Å². The van der Waals surface area contributed by atoms with Crippen molar-refractivity contribution in [2.75, 3.05) is 0 Å². The first kappa shape index (κ1) is 11.4. The van der Waals surface area contributed by atoms with Crippen LogP contribution >= 0.6 is 0 Å². The summed E-state index contributed by atoms with van der Waals surface area (Å²) >= 11 is 0. The number of Topliss-reactive ketones (excluding diaryl/α,β-unsaturated/α-hetero) is 1. The highest BCUT2D eigenvalue weighted by Crippen LogP contribution is 2.21. The molecule has 0 aliphatic carbocycles. The number of carbonyl (C=O) groups excluding carboxylic acids is 1. The van der Waals surface area contributed by atoms with Crippen LogP contribution in [0.1, 0.15) is 23.0 Å². The molecule has 2 N–H and O–H groups in total. The second-order valence-electron chi connectivity index (χ2n) is 3.99. The third kappa shape index (κ3) is 2.21. The summed E-state index contributed by atoms with van der Waals surface area (Å²) in [5, 5.41) is 0. The summed E-state index contributed by atoms with van der Waals surface area (Å²) in [6.07, 6.45) is 4.43. The van der Waals surface area contributed by atoms with Gasteiger partial charge in [0.25, 0.3) is 0 Å². The quantitative estimate of drug-likeness (QED) is 0.807. The van der Waals surface area contributed by atoms with Crippen LogP contribution in [0.15, 0.2) is 48.9 Å². The standard InChI is InChI=1S/C13H13N3O/c1-13(14,10-5-3-2-4-6-10)12(17)11-9-15-7-8-16-11/h2-9H,14H2,1H3. The van der Waals surface area contributed by atoms with Gasteiger partial charge < -0.3 is 5.73 Å². The zero-order valence-corrected chi connectivity index (χ0v) is 9.50. The van der Waals surface area contributed by atoms with Crippen molar-refractivity contribution in [1.82, 2.24) is 9.97 Å². The van der Waals surface area contributed by atoms with Crippen LogP contribution in [0.5, 0.6) is 0 Å². The molecule has 2 aromatic rings. The number of aromatic nitrogens is 2. The number of carbonyl (C=O) groups is 1. The van der Waals surface area contributed by atoms with Crippen LogP contribution in [0, 0.1) is 0 Å². The SMILES string of the molecule is CC(N)(C(=O)c1cnccn1)c1ccccc1. The first-order chi connectivity index (χ1) is 8.12.